The smallest absolute Gasteiger partial charge is 0.783 e. The molecule has 0 fully saturated rings. The minimum absolute atomic E-state index is 0. The van der Waals surface area contributed by atoms with Crippen molar-refractivity contribution >= 4 is 28.5 Å². The Morgan fingerprint density at radius 2 is 1.18 bits per heavy atom. The van der Waals surface area contributed by atoms with Crippen molar-refractivity contribution in [2.75, 3.05) is 0 Å². The molecule has 0 amide bonds. The van der Waals surface area contributed by atoms with Gasteiger partial charge in [0.25, 0.3) is 0 Å². The molecule has 112 valence electrons. The van der Waals surface area contributed by atoms with E-state index in [0.29, 0.717) is 0 Å². The van der Waals surface area contributed by atoms with Gasteiger partial charge in [-0.2, -0.15) is 0 Å². The molecule has 0 aliphatic heterocycles. The number of benzene rings is 2. The van der Waals surface area contributed by atoms with Crippen LogP contribution >= 0.6 is 28.5 Å². The molecule has 0 aliphatic carbocycles. The molecule has 0 heterocycles. The van der Waals surface area contributed by atoms with Crippen LogP contribution in [0.1, 0.15) is 22.3 Å². The van der Waals surface area contributed by atoms with Crippen molar-refractivity contribution in [3.05, 3.63) is 58.7 Å². The molecule has 2 nitrogen and oxygen atoms in total. The molecule has 0 unspecified atom stereocenters. The van der Waals surface area contributed by atoms with Crippen LogP contribution in [-0.2, 0) is 4.57 Å². The van der Waals surface area contributed by atoms with Gasteiger partial charge in [-0.1, -0.05) is 58.2 Å². The molecule has 0 spiro atoms. The van der Waals surface area contributed by atoms with Crippen LogP contribution < -0.4 is 34.5 Å². The maximum absolute atomic E-state index is 12.4. The Morgan fingerprint density at radius 3 is 1.50 bits per heavy atom. The fourth-order valence-electron chi connectivity index (χ4n) is 2.06. The van der Waals surface area contributed by atoms with Crippen LogP contribution in [0.4, 0.5) is 0 Å². The van der Waals surface area contributed by atoms with E-state index < -0.39 is 5.77 Å². The molecule has 2 aromatic carbocycles. The predicted octanol–water partition coefficient (Wildman–Crippen LogP) is 2.28. The van der Waals surface area contributed by atoms with Gasteiger partial charge in [0.1, 0.15) is 5.77 Å². The molecule has 0 bridgehead atoms. The predicted molar refractivity (Wildman–Crippen MR) is 91.2 cm³/mol. The van der Waals surface area contributed by atoms with Gasteiger partial charge in [0.15, 0.2) is 0 Å². The zero-order chi connectivity index (χ0) is 15.6. The molecule has 0 atom stereocenters. The summed E-state index contributed by atoms with van der Waals surface area (Å²) in [4.78, 5) is 14.0. The third kappa shape index (κ3) is 5.76. The first kappa shape index (κ1) is 20.4. The van der Waals surface area contributed by atoms with E-state index in [4.69, 9.17) is 0 Å². The maximum Gasteiger partial charge on any atom is 1.00 e. The molecule has 0 saturated carbocycles. The van der Waals surface area contributed by atoms with E-state index in [9.17, 15) is 9.46 Å². The van der Waals surface area contributed by atoms with E-state index in [0.717, 1.165) is 54.8 Å². The first-order valence-electron chi connectivity index (χ1n) is 6.61. The Kier molecular flexibility index (Phi) is 7.81. The number of rotatable bonds is 4. The second-order valence-corrected chi connectivity index (χ2v) is 12.0. The van der Waals surface area contributed by atoms with Gasteiger partial charge < -0.3 is 9.46 Å². The molecule has 22 heavy (non-hydrogen) atoms. The minimum atomic E-state index is -3.64. The van der Waals surface area contributed by atoms with Crippen LogP contribution in [-0.4, -0.2) is 0 Å². The summed E-state index contributed by atoms with van der Waals surface area (Å²) in [6.07, 6.45) is 0. The summed E-state index contributed by atoms with van der Waals surface area (Å²) in [5.74, 6) is -3.64. The van der Waals surface area contributed by atoms with E-state index in [2.05, 4.69) is 0 Å². The van der Waals surface area contributed by atoms with E-state index in [1.54, 1.807) is 0 Å². The zero-order valence-electron chi connectivity index (χ0n) is 13.5. The Balaban J connectivity index is 0.00000242. The standard InChI is InChI=1S/C16H19O2PS2.Na/c1-11-5-7-15(13(3)9-11)20-19(17,18)21-16-8-6-12(2)10-14(16)4;/h5-10H,1-4H3,(H,17,18);/q;+1/p-1. The molecular formula is C16H18NaO2PS2. The summed E-state index contributed by atoms with van der Waals surface area (Å²) < 4.78 is 12.4. The van der Waals surface area contributed by atoms with Crippen molar-refractivity contribution < 1.29 is 39.0 Å². The normalized spacial score (nSPS) is 11.1. The summed E-state index contributed by atoms with van der Waals surface area (Å²) >= 11 is 1.90. The summed E-state index contributed by atoms with van der Waals surface area (Å²) in [6, 6.07) is 11.6. The Hall–Kier alpha value is 0.330. The van der Waals surface area contributed by atoms with Crippen molar-refractivity contribution in [2.24, 2.45) is 0 Å². The number of aryl methyl sites for hydroxylation is 4. The van der Waals surface area contributed by atoms with Crippen molar-refractivity contribution in [3.8, 4) is 0 Å². The van der Waals surface area contributed by atoms with E-state index in [1.165, 1.54) is 0 Å². The van der Waals surface area contributed by atoms with Crippen molar-refractivity contribution in [1.29, 1.82) is 0 Å². The van der Waals surface area contributed by atoms with Crippen molar-refractivity contribution in [1.82, 2.24) is 0 Å². The molecule has 0 radical (unpaired) electrons. The van der Waals surface area contributed by atoms with Crippen LogP contribution in [0.3, 0.4) is 0 Å². The Morgan fingerprint density at radius 1 is 0.818 bits per heavy atom. The fraction of sp³-hybridized carbons (Fsp3) is 0.250. The number of hydrogen-bond donors (Lipinski definition) is 0. The molecular weight excluding hydrogens is 342 g/mol. The van der Waals surface area contributed by atoms with Gasteiger partial charge in [0, 0.05) is 9.79 Å². The molecule has 6 heteroatoms. The largest absolute Gasteiger partial charge is 1.00 e. The van der Waals surface area contributed by atoms with Crippen LogP contribution in [0, 0.1) is 27.7 Å². The van der Waals surface area contributed by atoms with Gasteiger partial charge >= 0.3 is 29.6 Å². The first-order valence-corrected chi connectivity index (χ1v) is 11.1. The summed E-state index contributed by atoms with van der Waals surface area (Å²) in [5.41, 5.74) is 4.27. The SMILES string of the molecule is Cc1ccc(SP(=O)([O-])Sc2ccc(C)cc2C)c(C)c1.[Na+]. The third-order valence-electron chi connectivity index (χ3n) is 3.08. The average Bonchev–Trinajstić information content (AvgIpc) is 2.36. The van der Waals surface area contributed by atoms with Gasteiger partial charge in [0.2, 0.25) is 0 Å². The maximum atomic E-state index is 12.4. The molecule has 0 aromatic heterocycles. The second-order valence-electron chi connectivity index (χ2n) is 5.17. The van der Waals surface area contributed by atoms with Crippen LogP contribution in [0.25, 0.3) is 0 Å². The topological polar surface area (TPSA) is 40.1 Å². The number of hydrogen-bond acceptors (Lipinski definition) is 4. The summed E-state index contributed by atoms with van der Waals surface area (Å²) in [7, 11) is 0. The molecule has 2 rings (SSSR count). The quantitative estimate of drug-likeness (QED) is 0.620. The Bertz CT molecular complexity index is 662. The van der Waals surface area contributed by atoms with E-state index in [-0.39, 0.29) is 29.6 Å². The fourth-order valence-corrected chi connectivity index (χ4v) is 7.81. The van der Waals surface area contributed by atoms with E-state index in [1.807, 2.05) is 64.1 Å². The van der Waals surface area contributed by atoms with Gasteiger partial charge in [-0.3, -0.25) is 0 Å². The monoisotopic (exact) mass is 360 g/mol. The van der Waals surface area contributed by atoms with Crippen molar-refractivity contribution in [3.63, 3.8) is 0 Å². The molecule has 0 saturated heterocycles. The summed E-state index contributed by atoms with van der Waals surface area (Å²) in [6.45, 7) is 7.89. The second kappa shape index (κ2) is 8.43. The van der Waals surface area contributed by atoms with Crippen LogP contribution in [0.15, 0.2) is 46.2 Å². The third-order valence-corrected chi connectivity index (χ3v) is 8.70. The van der Waals surface area contributed by atoms with E-state index >= 15 is 0 Å². The average molecular weight is 360 g/mol. The summed E-state index contributed by atoms with van der Waals surface area (Å²) in [5, 5.41) is 0. The van der Waals surface area contributed by atoms with Gasteiger partial charge in [0.05, 0.1) is 0 Å². The Labute approximate surface area is 162 Å². The van der Waals surface area contributed by atoms with Crippen LogP contribution in [0.5, 0.6) is 0 Å². The zero-order valence-corrected chi connectivity index (χ0v) is 18.1. The van der Waals surface area contributed by atoms with Crippen molar-refractivity contribution in [2.45, 2.75) is 37.5 Å². The molecule has 0 aliphatic rings. The van der Waals surface area contributed by atoms with Crippen LogP contribution in [0.2, 0.25) is 0 Å². The first-order chi connectivity index (χ1) is 9.77. The molecule has 0 N–H and O–H groups in total. The van der Waals surface area contributed by atoms with Gasteiger partial charge in [-0.25, -0.2) is 0 Å². The molecule has 2 aromatic rings. The van der Waals surface area contributed by atoms with Gasteiger partial charge in [-0.05, 0) is 51.0 Å². The minimum Gasteiger partial charge on any atom is -0.783 e. The van der Waals surface area contributed by atoms with Gasteiger partial charge in [-0.15, -0.1) is 0 Å².